The predicted molar refractivity (Wildman–Crippen MR) is 72.4 cm³/mol. The summed E-state index contributed by atoms with van der Waals surface area (Å²) in [7, 11) is -3.73. The van der Waals surface area contributed by atoms with Crippen LogP contribution in [0.1, 0.15) is 26.7 Å². The van der Waals surface area contributed by atoms with Gasteiger partial charge in [0.2, 0.25) is 10.0 Å². The zero-order chi connectivity index (χ0) is 14.7. The van der Waals surface area contributed by atoms with Gasteiger partial charge in [-0.05, 0) is 37.1 Å². The van der Waals surface area contributed by atoms with Crippen molar-refractivity contribution in [3.63, 3.8) is 0 Å². The van der Waals surface area contributed by atoms with Crippen LogP contribution in [0.25, 0.3) is 0 Å². The quantitative estimate of drug-likeness (QED) is 0.732. The molecule has 0 amide bonds. The number of carboxylic acid groups (broad SMARTS) is 1. The molecule has 0 aromatic heterocycles. The number of sulfonamides is 1. The number of nitrogens with one attached hydrogen (secondary N) is 1. The lowest BCUT2D eigenvalue weighted by Crippen LogP contribution is -2.45. The molecule has 0 atom stereocenters. The second-order valence-corrected chi connectivity index (χ2v) is 5.85. The van der Waals surface area contributed by atoms with Gasteiger partial charge >= 0.3 is 5.97 Å². The Labute approximate surface area is 112 Å². The Kier molecular flexibility index (Phi) is 4.54. The number of primary sulfonamides is 1. The summed E-state index contributed by atoms with van der Waals surface area (Å²) in [6, 6.07) is 5.69. The molecule has 0 spiro atoms. The summed E-state index contributed by atoms with van der Waals surface area (Å²) in [4.78, 5) is 11.3. The Morgan fingerprint density at radius 2 is 1.74 bits per heavy atom. The number of benzene rings is 1. The molecule has 6 nitrogen and oxygen atoms in total. The van der Waals surface area contributed by atoms with Crippen molar-refractivity contribution in [3.05, 3.63) is 24.3 Å². The van der Waals surface area contributed by atoms with E-state index in [9.17, 15) is 18.3 Å². The maximum absolute atomic E-state index is 11.3. The highest BCUT2D eigenvalue weighted by molar-refractivity contribution is 7.89. The van der Waals surface area contributed by atoms with Crippen molar-refractivity contribution in [3.8, 4) is 0 Å². The second kappa shape index (κ2) is 5.58. The summed E-state index contributed by atoms with van der Waals surface area (Å²) in [5, 5.41) is 17.2. The number of carbonyl (C=O) groups is 1. The van der Waals surface area contributed by atoms with Crippen molar-refractivity contribution in [1.82, 2.24) is 0 Å². The number of hydrogen-bond acceptors (Lipinski definition) is 4. The van der Waals surface area contributed by atoms with Crippen LogP contribution in [0, 0.1) is 0 Å². The van der Waals surface area contributed by atoms with Gasteiger partial charge in [-0.1, -0.05) is 13.8 Å². The topological polar surface area (TPSA) is 109 Å². The van der Waals surface area contributed by atoms with Crippen molar-refractivity contribution in [2.75, 3.05) is 5.32 Å². The van der Waals surface area contributed by atoms with Gasteiger partial charge < -0.3 is 10.4 Å². The van der Waals surface area contributed by atoms with Crippen LogP contribution in [0.2, 0.25) is 0 Å². The normalized spacial score (nSPS) is 12.2. The van der Waals surface area contributed by atoms with E-state index >= 15 is 0 Å². The number of aliphatic carboxylic acids is 1. The molecule has 0 saturated carbocycles. The summed E-state index contributed by atoms with van der Waals surface area (Å²) in [6.45, 7) is 3.56. The lowest BCUT2D eigenvalue weighted by Gasteiger charge is -2.29. The van der Waals surface area contributed by atoms with Crippen LogP contribution >= 0.6 is 0 Å². The molecule has 19 heavy (non-hydrogen) atoms. The molecule has 0 aliphatic heterocycles. The maximum Gasteiger partial charge on any atom is 0.329 e. The summed E-state index contributed by atoms with van der Waals surface area (Å²) in [5.41, 5.74) is -0.512. The van der Waals surface area contributed by atoms with Gasteiger partial charge in [-0.2, -0.15) is 0 Å². The van der Waals surface area contributed by atoms with E-state index in [0.29, 0.717) is 18.5 Å². The van der Waals surface area contributed by atoms with Gasteiger partial charge in [0, 0.05) is 5.69 Å². The number of carboxylic acids is 1. The molecule has 7 heteroatoms. The molecule has 1 rings (SSSR count). The number of hydrogen-bond donors (Lipinski definition) is 3. The lowest BCUT2D eigenvalue weighted by atomic mass is 9.92. The third-order valence-corrected chi connectivity index (χ3v) is 4.11. The molecule has 1 aromatic carbocycles. The van der Waals surface area contributed by atoms with Crippen LogP contribution in [-0.2, 0) is 14.8 Å². The fraction of sp³-hybridized carbons (Fsp3) is 0.417. The second-order valence-electron chi connectivity index (χ2n) is 4.29. The Hall–Kier alpha value is -1.60. The molecule has 1 aromatic rings. The van der Waals surface area contributed by atoms with Crippen molar-refractivity contribution in [1.29, 1.82) is 0 Å². The van der Waals surface area contributed by atoms with Gasteiger partial charge in [-0.25, -0.2) is 18.4 Å². The molecule has 0 aliphatic rings. The molecular formula is C12H18N2O4S. The fourth-order valence-electron chi connectivity index (χ4n) is 1.79. The first-order valence-electron chi connectivity index (χ1n) is 5.89. The molecule has 0 radical (unpaired) electrons. The number of rotatable bonds is 6. The van der Waals surface area contributed by atoms with Gasteiger partial charge in [0.15, 0.2) is 0 Å². The van der Waals surface area contributed by atoms with E-state index < -0.39 is 21.5 Å². The third-order valence-electron chi connectivity index (χ3n) is 3.18. The number of anilines is 1. The van der Waals surface area contributed by atoms with Crippen LogP contribution < -0.4 is 10.5 Å². The predicted octanol–water partition coefficient (Wildman–Crippen LogP) is 1.39. The zero-order valence-electron chi connectivity index (χ0n) is 10.9. The average Bonchev–Trinajstić information content (AvgIpc) is 2.35. The SMILES string of the molecule is CCC(CC)(Nc1ccc(S(N)(=O)=O)cc1)C(=O)O. The first kappa shape index (κ1) is 15.5. The Balaban J connectivity index is 3.03. The molecular weight excluding hydrogens is 268 g/mol. The fourth-order valence-corrected chi connectivity index (χ4v) is 2.30. The third kappa shape index (κ3) is 3.45. The van der Waals surface area contributed by atoms with E-state index in [4.69, 9.17) is 5.14 Å². The molecule has 0 bridgehead atoms. The van der Waals surface area contributed by atoms with Crippen LogP contribution in [0.3, 0.4) is 0 Å². The van der Waals surface area contributed by atoms with E-state index in [1.807, 2.05) is 0 Å². The van der Waals surface area contributed by atoms with Crippen LogP contribution in [-0.4, -0.2) is 25.0 Å². The van der Waals surface area contributed by atoms with Crippen molar-refractivity contribution >= 4 is 21.7 Å². The highest BCUT2D eigenvalue weighted by Gasteiger charge is 2.34. The molecule has 0 saturated heterocycles. The smallest absolute Gasteiger partial charge is 0.329 e. The number of nitrogens with two attached hydrogens (primary N) is 1. The maximum atomic E-state index is 11.3. The molecule has 0 fully saturated rings. The Morgan fingerprint density at radius 3 is 2.05 bits per heavy atom. The molecule has 0 aliphatic carbocycles. The zero-order valence-corrected chi connectivity index (χ0v) is 11.7. The summed E-state index contributed by atoms with van der Waals surface area (Å²) < 4.78 is 22.2. The van der Waals surface area contributed by atoms with E-state index in [0.717, 1.165) is 0 Å². The molecule has 0 heterocycles. The largest absolute Gasteiger partial charge is 0.480 e. The van der Waals surface area contributed by atoms with Crippen LogP contribution in [0.5, 0.6) is 0 Å². The minimum atomic E-state index is -3.73. The molecule has 106 valence electrons. The monoisotopic (exact) mass is 286 g/mol. The van der Waals surface area contributed by atoms with Crippen molar-refractivity contribution in [2.45, 2.75) is 37.1 Å². The van der Waals surface area contributed by atoms with Crippen LogP contribution in [0.15, 0.2) is 29.2 Å². The minimum Gasteiger partial charge on any atom is -0.480 e. The van der Waals surface area contributed by atoms with E-state index in [1.54, 1.807) is 13.8 Å². The van der Waals surface area contributed by atoms with Crippen molar-refractivity contribution in [2.24, 2.45) is 5.14 Å². The summed E-state index contributed by atoms with van der Waals surface area (Å²) in [6.07, 6.45) is 0.825. The van der Waals surface area contributed by atoms with Crippen molar-refractivity contribution < 1.29 is 18.3 Å². The summed E-state index contributed by atoms with van der Waals surface area (Å²) in [5.74, 6) is -0.937. The van der Waals surface area contributed by atoms with E-state index in [2.05, 4.69) is 5.32 Å². The lowest BCUT2D eigenvalue weighted by molar-refractivity contribution is -0.142. The van der Waals surface area contributed by atoms with E-state index in [-0.39, 0.29) is 4.90 Å². The van der Waals surface area contributed by atoms with E-state index in [1.165, 1.54) is 24.3 Å². The Morgan fingerprint density at radius 1 is 1.26 bits per heavy atom. The van der Waals surface area contributed by atoms with Crippen LogP contribution in [0.4, 0.5) is 5.69 Å². The molecule has 0 unspecified atom stereocenters. The summed E-state index contributed by atoms with van der Waals surface area (Å²) >= 11 is 0. The van der Waals surface area contributed by atoms with Gasteiger partial charge in [-0.3, -0.25) is 0 Å². The minimum absolute atomic E-state index is 0.00743. The van der Waals surface area contributed by atoms with Gasteiger partial charge in [-0.15, -0.1) is 0 Å². The Bertz CT molecular complexity index is 548. The molecule has 4 N–H and O–H groups in total. The highest BCUT2D eigenvalue weighted by Crippen LogP contribution is 2.23. The first-order chi connectivity index (χ1) is 8.75. The highest BCUT2D eigenvalue weighted by atomic mass is 32.2. The van der Waals surface area contributed by atoms with Gasteiger partial charge in [0.25, 0.3) is 0 Å². The standard InChI is InChI=1S/C12H18N2O4S/c1-3-12(4-2,11(15)16)14-9-5-7-10(8-6-9)19(13,17)18/h5-8,14H,3-4H2,1-2H3,(H,15,16)(H2,13,17,18). The van der Waals surface area contributed by atoms with Gasteiger partial charge in [0.1, 0.15) is 5.54 Å². The first-order valence-corrected chi connectivity index (χ1v) is 7.44. The van der Waals surface area contributed by atoms with Gasteiger partial charge in [0.05, 0.1) is 4.90 Å². The average molecular weight is 286 g/mol.